The van der Waals surface area contributed by atoms with Crippen molar-refractivity contribution in [3.8, 4) is 0 Å². The molecule has 0 spiro atoms. The Morgan fingerprint density at radius 2 is 1.90 bits per heavy atom. The number of aromatic nitrogens is 4. The van der Waals surface area contributed by atoms with E-state index >= 15 is 0 Å². The van der Waals surface area contributed by atoms with E-state index in [0.717, 1.165) is 25.2 Å². The van der Waals surface area contributed by atoms with Crippen molar-refractivity contribution in [3.63, 3.8) is 0 Å². The lowest BCUT2D eigenvalue weighted by Crippen LogP contribution is -2.17. The molecule has 2 aromatic rings. The molecule has 0 atom stereocenters. The Morgan fingerprint density at radius 1 is 1.15 bits per heavy atom. The summed E-state index contributed by atoms with van der Waals surface area (Å²) in [6, 6.07) is 0. The maximum atomic E-state index is 4.37. The van der Waals surface area contributed by atoms with Gasteiger partial charge in [-0.15, -0.1) is 11.3 Å². The van der Waals surface area contributed by atoms with Gasteiger partial charge in [0.1, 0.15) is 0 Å². The van der Waals surface area contributed by atoms with Gasteiger partial charge in [-0.3, -0.25) is 0 Å². The van der Waals surface area contributed by atoms with E-state index in [1.165, 1.54) is 0 Å². The highest BCUT2D eigenvalue weighted by atomic mass is 32.1. The van der Waals surface area contributed by atoms with Crippen molar-refractivity contribution in [3.05, 3.63) is 16.6 Å². The van der Waals surface area contributed by atoms with E-state index in [9.17, 15) is 0 Å². The standard InChI is InChI=1S/C12H19N7S/c1-4-13-10-16-11(18-12(17-10)19(2)3)14-6-5-9-7-20-8-15-9/h7-8H,4-6H2,1-3H3,(H2,13,14,16,17,18). The summed E-state index contributed by atoms with van der Waals surface area (Å²) in [5, 5.41) is 8.37. The third kappa shape index (κ3) is 4.02. The van der Waals surface area contributed by atoms with E-state index in [0.29, 0.717) is 17.8 Å². The van der Waals surface area contributed by atoms with Gasteiger partial charge in [-0.25, -0.2) is 4.98 Å². The van der Waals surface area contributed by atoms with Crippen LogP contribution in [0.4, 0.5) is 17.8 Å². The quantitative estimate of drug-likeness (QED) is 0.800. The van der Waals surface area contributed by atoms with Gasteiger partial charge < -0.3 is 15.5 Å². The van der Waals surface area contributed by atoms with Gasteiger partial charge in [0, 0.05) is 39.0 Å². The van der Waals surface area contributed by atoms with Crippen LogP contribution in [0.15, 0.2) is 10.9 Å². The van der Waals surface area contributed by atoms with Gasteiger partial charge in [-0.2, -0.15) is 15.0 Å². The molecule has 0 saturated carbocycles. The van der Waals surface area contributed by atoms with Crippen LogP contribution in [0.5, 0.6) is 0 Å². The van der Waals surface area contributed by atoms with Crippen molar-refractivity contribution in [1.29, 1.82) is 0 Å². The molecule has 0 bridgehead atoms. The fraction of sp³-hybridized carbons (Fsp3) is 0.500. The third-order valence-corrected chi connectivity index (χ3v) is 3.14. The number of hydrogen-bond acceptors (Lipinski definition) is 8. The van der Waals surface area contributed by atoms with Gasteiger partial charge in [0.05, 0.1) is 11.2 Å². The second-order valence-corrected chi connectivity index (χ2v) is 5.08. The van der Waals surface area contributed by atoms with Crippen molar-refractivity contribution in [2.45, 2.75) is 13.3 Å². The normalized spacial score (nSPS) is 10.3. The summed E-state index contributed by atoms with van der Waals surface area (Å²) >= 11 is 1.60. The van der Waals surface area contributed by atoms with E-state index in [1.54, 1.807) is 11.3 Å². The molecule has 0 aliphatic rings. The highest BCUT2D eigenvalue weighted by molar-refractivity contribution is 7.07. The molecule has 0 saturated heterocycles. The van der Waals surface area contributed by atoms with Gasteiger partial charge in [0.2, 0.25) is 17.8 Å². The Morgan fingerprint density at radius 3 is 2.50 bits per heavy atom. The molecule has 0 aromatic carbocycles. The lowest BCUT2D eigenvalue weighted by atomic mass is 10.3. The molecule has 2 rings (SSSR count). The van der Waals surface area contributed by atoms with E-state index in [2.05, 4.69) is 30.6 Å². The SMILES string of the molecule is CCNc1nc(NCCc2cscn2)nc(N(C)C)n1. The first-order valence-corrected chi connectivity index (χ1v) is 7.41. The summed E-state index contributed by atoms with van der Waals surface area (Å²) in [4.78, 5) is 19.1. The predicted molar refractivity (Wildman–Crippen MR) is 82.6 cm³/mol. The average Bonchev–Trinajstić information content (AvgIpc) is 2.92. The Kier molecular flexibility index (Phi) is 5.05. The lowest BCUT2D eigenvalue weighted by molar-refractivity contribution is 0.915. The smallest absolute Gasteiger partial charge is 0.231 e. The van der Waals surface area contributed by atoms with Crippen molar-refractivity contribution in [1.82, 2.24) is 19.9 Å². The van der Waals surface area contributed by atoms with Gasteiger partial charge in [-0.05, 0) is 6.92 Å². The van der Waals surface area contributed by atoms with E-state index < -0.39 is 0 Å². The lowest BCUT2D eigenvalue weighted by Gasteiger charge is -2.13. The molecule has 2 aromatic heterocycles. The van der Waals surface area contributed by atoms with Crippen molar-refractivity contribution < 1.29 is 0 Å². The topological polar surface area (TPSA) is 78.9 Å². The summed E-state index contributed by atoms with van der Waals surface area (Å²) in [6.45, 7) is 3.52. The van der Waals surface area contributed by atoms with Gasteiger partial charge in [0.25, 0.3) is 0 Å². The summed E-state index contributed by atoms with van der Waals surface area (Å²) in [5.41, 5.74) is 2.92. The Labute approximate surface area is 122 Å². The number of rotatable bonds is 7. The molecule has 2 heterocycles. The molecule has 8 heteroatoms. The molecular weight excluding hydrogens is 274 g/mol. The molecule has 0 aliphatic heterocycles. The van der Waals surface area contributed by atoms with Crippen molar-refractivity contribution >= 4 is 29.2 Å². The van der Waals surface area contributed by atoms with Crippen LogP contribution in [0.1, 0.15) is 12.6 Å². The zero-order valence-electron chi connectivity index (χ0n) is 11.9. The van der Waals surface area contributed by atoms with E-state index in [1.807, 2.05) is 36.8 Å². The highest BCUT2D eigenvalue weighted by Gasteiger charge is 2.07. The third-order valence-electron chi connectivity index (χ3n) is 2.51. The number of nitrogens with one attached hydrogen (secondary N) is 2. The van der Waals surface area contributed by atoms with Crippen LogP contribution in [0.3, 0.4) is 0 Å². The van der Waals surface area contributed by atoms with Crippen LogP contribution in [0, 0.1) is 0 Å². The molecule has 2 N–H and O–H groups in total. The van der Waals surface area contributed by atoms with Crippen LogP contribution in [-0.4, -0.2) is 47.1 Å². The average molecular weight is 293 g/mol. The molecule has 0 aliphatic carbocycles. The second kappa shape index (κ2) is 6.99. The van der Waals surface area contributed by atoms with Gasteiger partial charge in [0.15, 0.2) is 0 Å². The van der Waals surface area contributed by atoms with Gasteiger partial charge >= 0.3 is 0 Å². The first-order valence-electron chi connectivity index (χ1n) is 6.47. The van der Waals surface area contributed by atoms with Crippen LogP contribution in [-0.2, 0) is 6.42 Å². The highest BCUT2D eigenvalue weighted by Crippen LogP contribution is 2.11. The second-order valence-electron chi connectivity index (χ2n) is 4.36. The number of anilines is 3. The zero-order chi connectivity index (χ0) is 14.4. The molecule has 0 fully saturated rings. The monoisotopic (exact) mass is 293 g/mol. The van der Waals surface area contributed by atoms with E-state index in [-0.39, 0.29) is 0 Å². The summed E-state index contributed by atoms with van der Waals surface area (Å²) in [5.74, 6) is 1.80. The maximum absolute atomic E-state index is 4.37. The minimum Gasteiger partial charge on any atom is -0.354 e. The largest absolute Gasteiger partial charge is 0.354 e. The van der Waals surface area contributed by atoms with E-state index in [4.69, 9.17) is 0 Å². The molecule has 0 amide bonds. The Hall–Kier alpha value is -1.96. The van der Waals surface area contributed by atoms with Crippen molar-refractivity contribution in [2.24, 2.45) is 0 Å². The predicted octanol–water partition coefficient (Wildman–Crippen LogP) is 1.48. The molecule has 108 valence electrons. The summed E-state index contributed by atoms with van der Waals surface area (Å²) in [6.07, 6.45) is 0.850. The van der Waals surface area contributed by atoms with Crippen LogP contribution in [0.2, 0.25) is 0 Å². The molecule has 7 nitrogen and oxygen atoms in total. The first kappa shape index (κ1) is 14.4. The fourth-order valence-electron chi connectivity index (χ4n) is 1.54. The van der Waals surface area contributed by atoms with Crippen LogP contribution >= 0.6 is 11.3 Å². The first-order chi connectivity index (χ1) is 9.69. The minimum atomic E-state index is 0.579. The van der Waals surface area contributed by atoms with Crippen LogP contribution < -0.4 is 15.5 Å². The minimum absolute atomic E-state index is 0.579. The summed E-state index contributed by atoms with van der Waals surface area (Å²) < 4.78 is 0. The number of thiazole rings is 1. The van der Waals surface area contributed by atoms with Gasteiger partial charge in [-0.1, -0.05) is 0 Å². The number of nitrogens with zero attached hydrogens (tertiary/aromatic N) is 5. The Balaban J connectivity index is 2.01. The zero-order valence-corrected chi connectivity index (χ0v) is 12.7. The fourth-order valence-corrected chi connectivity index (χ4v) is 2.14. The molecule has 0 unspecified atom stereocenters. The molecular formula is C12H19N7S. The van der Waals surface area contributed by atoms with Crippen molar-refractivity contribution in [2.75, 3.05) is 42.7 Å². The van der Waals surface area contributed by atoms with Crippen LogP contribution in [0.25, 0.3) is 0 Å². The molecule has 20 heavy (non-hydrogen) atoms. The number of hydrogen-bond donors (Lipinski definition) is 2. The summed E-state index contributed by atoms with van der Waals surface area (Å²) in [7, 11) is 3.81. The maximum Gasteiger partial charge on any atom is 0.231 e. The Bertz CT molecular complexity index is 527. The molecule has 0 radical (unpaired) electrons.